The van der Waals surface area contributed by atoms with Gasteiger partial charge in [-0.1, -0.05) is 47.5 Å². The van der Waals surface area contributed by atoms with Gasteiger partial charge in [-0.15, -0.1) is 0 Å². The molecule has 1 atom stereocenters. The van der Waals surface area contributed by atoms with Crippen LogP contribution in [-0.2, 0) is 14.8 Å². The fraction of sp³-hybridized carbons (Fsp3) is 0.133. The highest BCUT2D eigenvalue weighted by Gasteiger charge is 2.22. The third kappa shape index (κ3) is 4.45. The second-order valence-corrected chi connectivity index (χ2v) is 7.27. The number of benzene rings is 2. The van der Waals surface area contributed by atoms with Gasteiger partial charge in [0.15, 0.2) is 0 Å². The molecule has 5 nitrogen and oxygen atoms in total. The normalized spacial score (nSPS) is 12.7. The van der Waals surface area contributed by atoms with E-state index in [1.807, 2.05) is 0 Å². The maximum atomic E-state index is 12.2. The topological polar surface area (TPSA) is 75.3 Å². The van der Waals surface area contributed by atoms with Gasteiger partial charge in [0.25, 0.3) is 0 Å². The molecule has 2 aromatic carbocycles. The van der Waals surface area contributed by atoms with Crippen molar-refractivity contribution in [2.75, 3.05) is 5.32 Å². The molecular formula is C15H14Cl2N2O3S. The van der Waals surface area contributed by atoms with Crippen LogP contribution in [-0.4, -0.2) is 20.4 Å². The van der Waals surface area contributed by atoms with Crippen molar-refractivity contribution < 1.29 is 13.2 Å². The number of amides is 1. The molecule has 0 spiro atoms. The molecule has 0 saturated heterocycles. The van der Waals surface area contributed by atoms with E-state index in [9.17, 15) is 13.2 Å². The first-order valence-corrected chi connectivity index (χ1v) is 8.87. The highest BCUT2D eigenvalue weighted by molar-refractivity contribution is 7.89. The molecule has 0 saturated carbocycles. The number of hydrogen-bond donors (Lipinski definition) is 2. The van der Waals surface area contributed by atoms with Crippen molar-refractivity contribution >= 4 is 44.8 Å². The molecule has 2 aromatic rings. The molecule has 8 heteroatoms. The lowest BCUT2D eigenvalue weighted by Crippen LogP contribution is -2.41. The third-order valence-electron chi connectivity index (χ3n) is 2.99. The highest BCUT2D eigenvalue weighted by Crippen LogP contribution is 2.29. The summed E-state index contributed by atoms with van der Waals surface area (Å²) >= 11 is 11.9. The van der Waals surface area contributed by atoms with Gasteiger partial charge in [-0.05, 0) is 31.2 Å². The predicted molar refractivity (Wildman–Crippen MR) is 91.3 cm³/mol. The van der Waals surface area contributed by atoms with Crippen molar-refractivity contribution in [1.29, 1.82) is 0 Å². The van der Waals surface area contributed by atoms with Crippen LogP contribution in [0.3, 0.4) is 0 Å². The van der Waals surface area contributed by atoms with E-state index >= 15 is 0 Å². The van der Waals surface area contributed by atoms with Crippen LogP contribution in [0.4, 0.5) is 5.69 Å². The number of carbonyl (C=O) groups excluding carboxylic acids is 1. The van der Waals surface area contributed by atoms with E-state index < -0.39 is 22.0 Å². The second kappa shape index (κ2) is 7.31. The minimum Gasteiger partial charge on any atom is -0.322 e. The van der Waals surface area contributed by atoms with Crippen molar-refractivity contribution in [2.45, 2.75) is 17.9 Å². The predicted octanol–water partition coefficient (Wildman–Crippen LogP) is 3.30. The first kappa shape index (κ1) is 17.7. The Morgan fingerprint density at radius 2 is 1.57 bits per heavy atom. The maximum Gasteiger partial charge on any atom is 0.242 e. The molecule has 0 aliphatic carbocycles. The zero-order valence-corrected chi connectivity index (χ0v) is 14.4. The van der Waals surface area contributed by atoms with Gasteiger partial charge in [0, 0.05) is 0 Å². The quantitative estimate of drug-likeness (QED) is 0.845. The number of anilines is 1. The minimum atomic E-state index is -3.79. The zero-order valence-electron chi connectivity index (χ0n) is 12.1. The Balaban J connectivity index is 2.12. The SMILES string of the molecule is C[C@H](NS(=O)(=O)c1ccccc1)C(=O)Nc1c(Cl)cccc1Cl. The van der Waals surface area contributed by atoms with Gasteiger partial charge in [-0.25, -0.2) is 8.42 Å². The number of rotatable bonds is 5. The Hall–Kier alpha value is -1.60. The van der Waals surface area contributed by atoms with Crippen molar-refractivity contribution in [1.82, 2.24) is 4.72 Å². The van der Waals surface area contributed by atoms with Crippen LogP contribution in [0.1, 0.15) is 6.92 Å². The lowest BCUT2D eigenvalue weighted by Gasteiger charge is -2.15. The van der Waals surface area contributed by atoms with E-state index in [-0.39, 0.29) is 20.6 Å². The maximum absolute atomic E-state index is 12.2. The molecule has 122 valence electrons. The fourth-order valence-electron chi connectivity index (χ4n) is 1.80. The number of para-hydroxylation sites is 1. The lowest BCUT2D eigenvalue weighted by molar-refractivity contribution is -0.117. The van der Waals surface area contributed by atoms with Crippen LogP contribution < -0.4 is 10.0 Å². The van der Waals surface area contributed by atoms with E-state index in [1.54, 1.807) is 36.4 Å². The first-order chi connectivity index (χ1) is 10.8. The molecule has 2 rings (SSSR count). The Morgan fingerprint density at radius 1 is 1.00 bits per heavy atom. The molecule has 0 aliphatic heterocycles. The molecule has 0 heterocycles. The summed E-state index contributed by atoms with van der Waals surface area (Å²) in [7, 11) is -3.79. The average molecular weight is 373 g/mol. The smallest absolute Gasteiger partial charge is 0.242 e. The van der Waals surface area contributed by atoms with Crippen molar-refractivity contribution in [2.24, 2.45) is 0 Å². The first-order valence-electron chi connectivity index (χ1n) is 6.63. The molecule has 0 fully saturated rings. The van der Waals surface area contributed by atoms with E-state index in [2.05, 4.69) is 10.0 Å². The monoisotopic (exact) mass is 372 g/mol. The van der Waals surface area contributed by atoms with E-state index in [0.717, 1.165) is 0 Å². The minimum absolute atomic E-state index is 0.0791. The van der Waals surface area contributed by atoms with E-state index in [4.69, 9.17) is 23.2 Å². The van der Waals surface area contributed by atoms with Gasteiger partial charge in [-0.3, -0.25) is 4.79 Å². The molecule has 0 aliphatic rings. The number of sulfonamides is 1. The van der Waals surface area contributed by atoms with Crippen molar-refractivity contribution in [3.8, 4) is 0 Å². The summed E-state index contributed by atoms with van der Waals surface area (Å²) in [4.78, 5) is 12.2. The van der Waals surface area contributed by atoms with Crippen LogP contribution in [0, 0.1) is 0 Å². The Labute approximate surface area is 144 Å². The zero-order chi connectivity index (χ0) is 17.0. The Bertz CT molecular complexity index is 790. The van der Waals surface area contributed by atoms with Gasteiger partial charge < -0.3 is 5.32 Å². The summed E-state index contributed by atoms with van der Waals surface area (Å²) in [5.74, 6) is -0.570. The molecule has 1 amide bonds. The summed E-state index contributed by atoms with van der Waals surface area (Å²) < 4.78 is 26.7. The van der Waals surface area contributed by atoms with Crippen molar-refractivity contribution in [3.63, 3.8) is 0 Å². The largest absolute Gasteiger partial charge is 0.322 e. The lowest BCUT2D eigenvalue weighted by atomic mass is 10.3. The summed E-state index contributed by atoms with van der Waals surface area (Å²) in [6, 6.07) is 11.6. The summed E-state index contributed by atoms with van der Waals surface area (Å²) in [5, 5.41) is 3.06. The van der Waals surface area contributed by atoms with Crippen LogP contribution in [0.25, 0.3) is 0 Å². The van der Waals surface area contributed by atoms with E-state index in [1.165, 1.54) is 19.1 Å². The van der Waals surface area contributed by atoms with E-state index in [0.29, 0.717) is 0 Å². The Kier molecular flexibility index (Phi) is 5.64. The summed E-state index contributed by atoms with van der Waals surface area (Å²) in [6.07, 6.45) is 0. The van der Waals surface area contributed by atoms with Gasteiger partial charge in [0.05, 0.1) is 26.7 Å². The van der Waals surface area contributed by atoms with Crippen LogP contribution >= 0.6 is 23.2 Å². The number of halogens is 2. The molecule has 0 aromatic heterocycles. The number of hydrogen-bond acceptors (Lipinski definition) is 3. The Morgan fingerprint density at radius 3 is 2.13 bits per heavy atom. The average Bonchev–Trinajstić information content (AvgIpc) is 2.51. The third-order valence-corrected chi connectivity index (χ3v) is 5.18. The van der Waals surface area contributed by atoms with Crippen LogP contribution in [0.5, 0.6) is 0 Å². The second-order valence-electron chi connectivity index (χ2n) is 4.74. The summed E-state index contributed by atoms with van der Waals surface area (Å²) in [6.45, 7) is 1.43. The highest BCUT2D eigenvalue weighted by atomic mass is 35.5. The van der Waals surface area contributed by atoms with Crippen LogP contribution in [0.2, 0.25) is 10.0 Å². The molecular weight excluding hydrogens is 359 g/mol. The fourth-order valence-corrected chi connectivity index (χ4v) is 3.52. The molecule has 2 N–H and O–H groups in total. The van der Waals surface area contributed by atoms with Gasteiger partial charge in [-0.2, -0.15) is 4.72 Å². The van der Waals surface area contributed by atoms with Crippen LogP contribution in [0.15, 0.2) is 53.4 Å². The van der Waals surface area contributed by atoms with Gasteiger partial charge in [0.1, 0.15) is 0 Å². The molecule has 0 bridgehead atoms. The molecule has 0 unspecified atom stereocenters. The molecule has 0 radical (unpaired) electrons. The number of carbonyl (C=O) groups is 1. The number of nitrogens with one attached hydrogen (secondary N) is 2. The van der Waals surface area contributed by atoms with Gasteiger partial charge >= 0.3 is 0 Å². The van der Waals surface area contributed by atoms with Crippen molar-refractivity contribution in [3.05, 3.63) is 58.6 Å². The summed E-state index contributed by atoms with van der Waals surface area (Å²) in [5.41, 5.74) is 0.242. The molecule has 23 heavy (non-hydrogen) atoms. The standard InChI is InChI=1S/C15H14Cl2N2O3S/c1-10(19-23(21,22)11-6-3-2-4-7-11)15(20)18-14-12(16)8-5-9-13(14)17/h2-10,19H,1H3,(H,18,20)/t10-/m0/s1. The van der Waals surface area contributed by atoms with Gasteiger partial charge in [0.2, 0.25) is 15.9 Å².